The molecule has 0 radical (unpaired) electrons. The molecule has 0 N–H and O–H groups in total. The highest BCUT2D eigenvalue weighted by atomic mass is 19.4. The first-order valence-electron chi connectivity index (χ1n) is 7.40. The van der Waals surface area contributed by atoms with E-state index in [4.69, 9.17) is 0 Å². The molecule has 0 fully saturated rings. The third kappa shape index (κ3) is 3.72. The SMILES string of the molecule is C=C(C(C)C)N(C)c1cnc(-c2cncc(C)c2)nc1C(F)(F)F. The zero-order valence-corrected chi connectivity index (χ0v) is 14.0. The van der Waals surface area contributed by atoms with Crippen LogP contribution in [0.2, 0.25) is 0 Å². The van der Waals surface area contributed by atoms with Gasteiger partial charge in [0.25, 0.3) is 0 Å². The van der Waals surface area contributed by atoms with E-state index >= 15 is 0 Å². The fourth-order valence-electron chi connectivity index (χ4n) is 2.19. The molecule has 0 amide bonds. The molecule has 128 valence electrons. The summed E-state index contributed by atoms with van der Waals surface area (Å²) >= 11 is 0. The van der Waals surface area contributed by atoms with Crippen molar-refractivity contribution < 1.29 is 13.2 Å². The van der Waals surface area contributed by atoms with Gasteiger partial charge in [-0.25, -0.2) is 9.97 Å². The minimum Gasteiger partial charge on any atom is -0.346 e. The molecule has 0 saturated carbocycles. The lowest BCUT2D eigenvalue weighted by Crippen LogP contribution is -2.24. The summed E-state index contributed by atoms with van der Waals surface area (Å²) < 4.78 is 40.5. The van der Waals surface area contributed by atoms with Crippen LogP contribution < -0.4 is 4.90 Å². The van der Waals surface area contributed by atoms with Gasteiger partial charge < -0.3 is 4.90 Å². The molecule has 2 heterocycles. The van der Waals surface area contributed by atoms with Gasteiger partial charge in [0, 0.05) is 30.7 Å². The fourth-order valence-corrected chi connectivity index (χ4v) is 2.19. The molecule has 2 aromatic rings. The minimum absolute atomic E-state index is 0.00302. The van der Waals surface area contributed by atoms with Gasteiger partial charge in [0.05, 0.1) is 11.9 Å². The molecule has 0 aliphatic heterocycles. The minimum atomic E-state index is -4.60. The van der Waals surface area contributed by atoms with E-state index in [0.717, 1.165) is 5.56 Å². The lowest BCUT2D eigenvalue weighted by molar-refractivity contribution is -0.140. The molecule has 0 spiro atoms. The van der Waals surface area contributed by atoms with Gasteiger partial charge in [0.15, 0.2) is 11.5 Å². The Labute approximate surface area is 139 Å². The number of allylic oxidation sites excluding steroid dienone is 1. The summed E-state index contributed by atoms with van der Waals surface area (Å²) in [7, 11) is 1.53. The Morgan fingerprint density at radius 1 is 1.21 bits per heavy atom. The van der Waals surface area contributed by atoms with Gasteiger partial charge in [0.1, 0.15) is 0 Å². The van der Waals surface area contributed by atoms with Crippen LogP contribution in [0, 0.1) is 12.8 Å². The topological polar surface area (TPSA) is 41.9 Å². The highest BCUT2D eigenvalue weighted by Crippen LogP contribution is 2.37. The van der Waals surface area contributed by atoms with Crippen LogP contribution in [-0.2, 0) is 6.18 Å². The van der Waals surface area contributed by atoms with Crippen LogP contribution >= 0.6 is 0 Å². The molecule has 0 aliphatic rings. The average Bonchev–Trinajstić information content (AvgIpc) is 2.52. The van der Waals surface area contributed by atoms with Crippen molar-refractivity contribution in [3.05, 3.63) is 48.2 Å². The van der Waals surface area contributed by atoms with Crippen molar-refractivity contribution in [3.8, 4) is 11.4 Å². The first-order chi connectivity index (χ1) is 11.1. The number of pyridine rings is 1. The van der Waals surface area contributed by atoms with Crippen LogP contribution in [-0.4, -0.2) is 22.0 Å². The van der Waals surface area contributed by atoms with Crippen molar-refractivity contribution in [1.82, 2.24) is 15.0 Å². The van der Waals surface area contributed by atoms with E-state index in [9.17, 15) is 13.2 Å². The van der Waals surface area contributed by atoms with Crippen molar-refractivity contribution in [3.63, 3.8) is 0 Å². The van der Waals surface area contributed by atoms with Crippen LogP contribution in [0.4, 0.5) is 18.9 Å². The van der Waals surface area contributed by atoms with Gasteiger partial charge in [-0.15, -0.1) is 0 Å². The molecule has 0 saturated heterocycles. The van der Waals surface area contributed by atoms with Gasteiger partial charge in [-0.2, -0.15) is 13.2 Å². The zero-order chi connectivity index (χ0) is 18.1. The number of anilines is 1. The lowest BCUT2D eigenvalue weighted by Gasteiger charge is -2.26. The molecule has 0 unspecified atom stereocenters. The van der Waals surface area contributed by atoms with E-state index in [2.05, 4.69) is 21.5 Å². The maximum Gasteiger partial charge on any atom is 0.435 e. The summed E-state index contributed by atoms with van der Waals surface area (Å²) in [5.74, 6) is -0.0115. The molecule has 24 heavy (non-hydrogen) atoms. The first-order valence-corrected chi connectivity index (χ1v) is 7.40. The van der Waals surface area contributed by atoms with E-state index in [1.165, 1.54) is 24.3 Å². The molecule has 4 nitrogen and oxygen atoms in total. The number of hydrogen-bond donors (Lipinski definition) is 0. The molecular weight excluding hydrogens is 317 g/mol. The van der Waals surface area contributed by atoms with E-state index < -0.39 is 11.9 Å². The third-order valence-corrected chi connectivity index (χ3v) is 3.63. The molecule has 2 rings (SSSR count). The van der Waals surface area contributed by atoms with E-state index in [1.54, 1.807) is 19.2 Å². The molecule has 0 aliphatic carbocycles. The molecule has 7 heteroatoms. The average molecular weight is 336 g/mol. The monoisotopic (exact) mass is 336 g/mol. The van der Waals surface area contributed by atoms with E-state index in [1.807, 2.05) is 13.8 Å². The van der Waals surface area contributed by atoms with Gasteiger partial charge in [-0.1, -0.05) is 20.4 Å². The second kappa shape index (κ2) is 6.59. The molecule has 0 aromatic carbocycles. The summed E-state index contributed by atoms with van der Waals surface area (Å²) in [6.45, 7) is 9.36. The lowest BCUT2D eigenvalue weighted by atomic mass is 10.1. The van der Waals surface area contributed by atoms with Gasteiger partial charge in [-0.05, 0) is 24.5 Å². The Kier molecular flexibility index (Phi) is 4.91. The van der Waals surface area contributed by atoms with Crippen LogP contribution in [0.3, 0.4) is 0 Å². The van der Waals surface area contributed by atoms with Crippen molar-refractivity contribution >= 4 is 5.69 Å². The summed E-state index contributed by atoms with van der Waals surface area (Å²) in [5.41, 5.74) is 0.703. The number of aryl methyl sites for hydroxylation is 1. The van der Waals surface area contributed by atoms with Crippen LogP contribution in [0.1, 0.15) is 25.1 Å². The molecule has 2 aromatic heterocycles. The molecular formula is C17H19F3N4. The highest BCUT2D eigenvalue weighted by Gasteiger charge is 2.38. The van der Waals surface area contributed by atoms with Crippen LogP contribution in [0.15, 0.2) is 36.9 Å². The maximum atomic E-state index is 13.5. The number of alkyl halides is 3. The van der Waals surface area contributed by atoms with Gasteiger partial charge >= 0.3 is 6.18 Å². The number of rotatable bonds is 4. The van der Waals surface area contributed by atoms with Crippen LogP contribution in [0.5, 0.6) is 0 Å². The second-order valence-corrected chi connectivity index (χ2v) is 5.88. The Morgan fingerprint density at radius 2 is 1.88 bits per heavy atom. The number of nitrogens with zero attached hydrogens (tertiary/aromatic N) is 4. The standard InChI is InChI=1S/C17H19F3N4/c1-10(2)12(4)24(5)14-9-22-16(23-15(14)17(18,19)20)13-6-11(3)7-21-8-13/h6-10H,4H2,1-3,5H3. The highest BCUT2D eigenvalue weighted by molar-refractivity contribution is 5.60. The quantitative estimate of drug-likeness (QED) is 0.826. The first kappa shape index (κ1) is 17.9. The summed E-state index contributed by atoms with van der Waals surface area (Å²) in [6.07, 6.45) is -0.362. The van der Waals surface area contributed by atoms with Crippen molar-refractivity contribution in [2.45, 2.75) is 26.9 Å². The second-order valence-electron chi connectivity index (χ2n) is 5.88. The Balaban J connectivity index is 2.57. The summed E-state index contributed by atoms with van der Waals surface area (Å²) in [5, 5.41) is 0. The normalized spacial score (nSPS) is 11.7. The predicted octanol–water partition coefficient (Wildman–Crippen LogP) is 4.47. The van der Waals surface area contributed by atoms with Gasteiger partial charge in [0.2, 0.25) is 0 Å². The van der Waals surface area contributed by atoms with Crippen molar-refractivity contribution in [2.75, 3.05) is 11.9 Å². The van der Waals surface area contributed by atoms with Gasteiger partial charge in [-0.3, -0.25) is 4.98 Å². The van der Waals surface area contributed by atoms with Crippen LogP contribution in [0.25, 0.3) is 11.4 Å². The summed E-state index contributed by atoms with van der Waals surface area (Å²) in [4.78, 5) is 13.2. The maximum absolute atomic E-state index is 13.5. The molecule has 0 atom stereocenters. The fraction of sp³-hybridized carbons (Fsp3) is 0.353. The Bertz CT molecular complexity index is 754. The number of halogens is 3. The van der Waals surface area contributed by atoms with E-state index in [0.29, 0.717) is 11.3 Å². The Morgan fingerprint density at radius 3 is 2.42 bits per heavy atom. The third-order valence-electron chi connectivity index (χ3n) is 3.63. The Hall–Kier alpha value is -2.44. The van der Waals surface area contributed by atoms with E-state index in [-0.39, 0.29) is 17.4 Å². The zero-order valence-electron chi connectivity index (χ0n) is 14.0. The summed E-state index contributed by atoms with van der Waals surface area (Å²) in [6, 6.07) is 1.69. The van der Waals surface area contributed by atoms with Crippen molar-refractivity contribution in [2.24, 2.45) is 5.92 Å². The number of aromatic nitrogens is 3. The molecule has 0 bridgehead atoms. The van der Waals surface area contributed by atoms with Crippen molar-refractivity contribution in [1.29, 1.82) is 0 Å². The predicted molar refractivity (Wildman–Crippen MR) is 87.4 cm³/mol. The largest absolute Gasteiger partial charge is 0.435 e. The number of hydrogen-bond acceptors (Lipinski definition) is 4. The smallest absolute Gasteiger partial charge is 0.346 e.